The average Bonchev–Trinajstić information content (AvgIpc) is 2.44. The minimum atomic E-state index is 0.370. The third-order valence-corrected chi connectivity index (χ3v) is 3.36. The lowest BCUT2D eigenvalue weighted by atomic mass is 9.96. The summed E-state index contributed by atoms with van der Waals surface area (Å²) in [5.41, 5.74) is 0. The van der Waals surface area contributed by atoms with Gasteiger partial charge in [0.25, 0.3) is 0 Å². The Kier molecular flexibility index (Phi) is 5.74. The van der Waals surface area contributed by atoms with Crippen molar-refractivity contribution < 1.29 is 4.79 Å². The minimum Gasteiger partial charge on any atom is -0.343 e. The molecule has 2 heteroatoms. The predicted octanol–water partition coefficient (Wildman–Crippen LogP) is 3.22. The number of amides is 1. The first-order chi connectivity index (χ1) is 7.27. The molecule has 0 saturated carbocycles. The van der Waals surface area contributed by atoms with Crippen LogP contribution in [-0.2, 0) is 4.79 Å². The first-order valence-corrected chi connectivity index (χ1v) is 6.55. The Morgan fingerprint density at radius 2 is 2.00 bits per heavy atom. The van der Waals surface area contributed by atoms with Gasteiger partial charge in [-0.05, 0) is 31.6 Å². The fourth-order valence-electron chi connectivity index (χ4n) is 2.48. The second-order valence-corrected chi connectivity index (χ2v) is 4.72. The highest BCUT2D eigenvalue weighted by molar-refractivity contribution is 5.76. The molecular weight excluding hydrogens is 186 g/mol. The number of carbonyl (C=O) groups is 1. The van der Waals surface area contributed by atoms with Gasteiger partial charge in [0, 0.05) is 19.5 Å². The third kappa shape index (κ3) is 4.23. The van der Waals surface area contributed by atoms with Crippen molar-refractivity contribution >= 4 is 5.91 Å². The maximum Gasteiger partial charge on any atom is 0.222 e. The maximum atomic E-state index is 11.7. The SMILES string of the molecule is CCCC(=O)N1CCCC(CCC)CC1. The first-order valence-electron chi connectivity index (χ1n) is 6.55. The van der Waals surface area contributed by atoms with E-state index in [-0.39, 0.29) is 0 Å². The molecule has 1 fully saturated rings. The van der Waals surface area contributed by atoms with Crippen LogP contribution in [0.25, 0.3) is 0 Å². The van der Waals surface area contributed by atoms with Gasteiger partial charge in [0.05, 0.1) is 0 Å². The highest BCUT2D eigenvalue weighted by Crippen LogP contribution is 2.22. The van der Waals surface area contributed by atoms with Gasteiger partial charge in [0.15, 0.2) is 0 Å². The lowest BCUT2D eigenvalue weighted by molar-refractivity contribution is -0.131. The van der Waals surface area contributed by atoms with Crippen molar-refractivity contribution in [1.29, 1.82) is 0 Å². The summed E-state index contributed by atoms with van der Waals surface area (Å²) in [4.78, 5) is 13.8. The molecule has 1 atom stereocenters. The first kappa shape index (κ1) is 12.5. The van der Waals surface area contributed by atoms with Gasteiger partial charge >= 0.3 is 0 Å². The number of hydrogen-bond donors (Lipinski definition) is 0. The highest BCUT2D eigenvalue weighted by atomic mass is 16.2. The predicted molar refractivity (Wildman–Crippen MR) is 63.7 cm³/mol. The van der Waals surface area contributed by atoms with E-state index in [4.69, 9.17) is 0 Å². The molecule has 88 valence electrons. The molecule has 2 nitrogen and oxygen atoms in total. The molecule has 0 aromatic heterocycles. The number of rotatable bonds is 4. The van der Waals surface area contributed by atoms with Crippen LogP contribution in [0.15, 0.2) is 0 Å². The molecule has 1 unspecified atom stereocenters. The second-order valence-electron chi connectivity index (χ2n) is 4.72. The summed E-state index contributed by atoms with van der Waals surface area (Å²) in [5, 5.41) is 0. The van der Waals surface area contributed by atoms with Crippen LogP contribution in [0.4, 0.5) is 0 Å². The van der Waals surface area contributed by atoms with E-state index in [1.165, 1.54) is 32.1 Å². The van der Waals surface area contributed by atoms with Crippen molar-refractivity contribution in [3.63, 3.8) is 0 Å². The molecule has 0 spiro atoms. The van der Waals surface area contributed by atoms with Crippen LogP contribution in [-0.4, -0.2) is 23.9 Å². The molecule has 0 bridgehead atoms. The van der Waals surface area contributed by atoms with Crippen molar-refractivity contribution in [2.45, 2.75) is 58.8 Å². The average molecular weight is 211 g/mol. The lowest BCUT2D eigenvalue weighted by Crippen LogP contribution is -2.31. The Balaban J connectivity index is 2.35. The summed E-state index contributed by atoms with van der Waals surface area (Å²) < 4.78 is 0. The number of hydrogen-bond acceptors (Lipinski definition) is 1. The number of carbonyl (C=O) groups excluding carboxylic acids is 1. The molecular formula is C13H25NO. The Morgan fingerprint density at radius 3 is 2.67 bits per heavy atom. The zero-order valence-electron chi connectivity index (χ0n) is 10.3. The van der Waals surface area contributed by atoms with Crippen LogP contribution >= 0.6 is 0 Å². The van der Waals surface area contributed by atoms with Crippen molar-refractivity contribution in [2.75, 3.05) is 13.1 Å². The van der Waals surface area contributed by atoms with E-state index in [9.17, 15) is 4.79 Å². The maximum absolute atomic E-state index is 11.7. The van der Waals surface area contributed by atoms with Gasteiger partial charge < -0.3 is 4.90 Å². The van der Waals surface area contributed by atoms with Crippen molar-refractivity contribution in [2.24, 2.45) is 5.92 Å². The summed E-state index contributed by atoms with van der Waals surface area (Å²) in [6.45, 7) is 6.34. The minimum absolute atomic E-state index is 0.370. The van der Waals surface area contributed by atoms with E-state index in [1.807, 2.05) is 0 Å². The zero-order chi connectivity index (χ0) is 11.1. The molecule has 0 aromatic rings. The topological polar surface area (TPSA) is 20.3 Å². The van der Waals surface area contributed by atoms with Crippen LogP contribution in [0.3, 0.4) is 0 Å². The quantitative estimate of drug-likeness (QED) is 0.699. The van der Waals surface area contributed by atoms with Gasteiger partial charge in [-0.2, -0.15) is 0 Å². The van der Waals surface area contributed by atoms with Crippen LogP contribution in [0, 0.1) is 5.92 Å². The van der Waals surface area contributed by atoms with E-state index in [0.717, 1.165) is 31.8 Å². The number of likely N-dealkylation sites (tertiary alicyclic amines) is 1. The van der Waals surface area contributed by atoms with E-state index < -0.39 is 0 Å². The van der Waals surface area contributed by atoms with Crippen LogP contribution < -0.4 is 0 Å². The van der Waals surface area contributed by atoms with Gasteiger partial charge in [-0.15, -0.1) is 0 Å². The van der Waals surface area contributed by atoms with Gasteiger partial charge in [-0.1, -0.05) is 26.7 Å². The fourth-order valence-corrected chi connectivity index (χ4v) is 2.48. The number of nitrogens with zero attached hydrogens (tertiary/aromatic N) is 1. The molecule has 1 aliphatic rings. The Bertz CT molecular complexity index is 191. The molecule has 15 heavy (non-hydrogen) atoms. The van der Waals surface area contributed by atoms with Crippen LogP contribution in [0.1, 0.15) is 58.8 Å². The van der Waals surface area contributed by atoms with Crippen molar-refractivity contribution in [1.82, 2.24) is 4.90 Å². The summed E-state index contributed by atoms with van der Waals surface area (Å²) >= 11 is 0. The normalized spacial score (nSPS) is 22.5. The highest BCUT2D eigenvalue weighted by Gasteiger charge is 2.19. The van der Waals surface area contributed by atoms with Crippen molar-refractivity contribution in [3.05, 3.63) is 0 Å². The Hall–Kier alpha value is -0.530. The summed E-state index contributed by atoms with van der Waals surface area (Å²) in [6.07, 6.45) is 8.10. The van der Waals surface area contributed by atoms with Gasteiger partial charge in [0.2, 0.25) is 5.91 Å². The largest absolute Gasteiger partial charge is 0.343 e. The van der Waals surface area contributed by atoms with Crippen LogP contribution in [0.2, 0.25) is 0 Å². The zero-order valence-corrected chi connectivity index (χ0v) is 10.3. The smallest absolute Gasteiger partial charge is 0.222 e. The monoisotopic (exact) mass is 211 g/mol. The molecule has 0 radical (unpaired) electrons. The lowest BCUT2D eigenvalue weighted by Gasteiger charge is -2.20. The summed E-state index contributed by atoms with van der Waals surface area (Å²) in [6, 6.07) is 0. The summed E-state index contributed by atoms with van der Waals surface area (Å²) in [7, 11) is 0. The van der Waals surface area contributed by atoms with E-state index in [2.05, 4.69) is 18.7 Å². The van der Waals surface area contributed by atoms with Gasteiger partial charge in [-0.3, -0.25) is 4.79 Å². The van der Waals surface area contributed by atoms with E-state index >= 15 is 0 Å². The molecule has 0 aliphatic carbocycles. The van der Waals surface area contributed by atoms with E-state index in [0.29, 0.717) is 5.91 Å². The molecule has 1 aliphatic heterocycles. The molecule has 0 N–H and O–H groups in total. The molecule has 1 saturated heterocycles. The standard InChI is InChI=1S/C13H25NO/c1-3-6-12-8-5-10-14(11-9-12)13(15)7-4-2/h12H,3-11H2,1-2H3. The second kappa shape index (κ2) is 6.86. The van der Waals surface area contributed by atoms with Crippen molar-refractivity contribution in [3.8, 4) is 0 Å². The van der Waals surface area contributed by atoms with E-state index in [1.54, 1.807) is 0 Å². The fraction of sp³-hybridized carbons (Fsp3) is 0.923. The van der Waals surface area contributed by atoms with Crippen LogP contribution in [0.5, 0.6) is 0 Å². The Morgan fingerprint density at radius 1 is 1.20 bits per heavy atom. The third-order valence-electron chi connectivity index (χ3n) is 3.36. The Labute approximate surface area is 94.0 Å². The van der Waals surface area contributed by atoms with Gasteiger partial charge in [-0.25, -0.2) is 0 Å². The summed E-state index contributed by atoms with van der Waals surface area (Å²) in [5.74, 6) is 1.24. The molecule has 1 heterocycles. The van der Waals surface area contributed by atoms with Gasteiger partial charge in [0.1, 0.15) is 0 Å². The molecule has 1 amide bonds. The molecule has 0 aromatic carbocycles. The molecule has 1 rings (SSSR count).